The standard InChI is InChI=1S/C31H32Cl6NO3P.C13H18BrCl6NO3.C2H3Cl3O/c1-29(2)20-41-28(38-29)26(18-19-27(39-21-30(32,33)34)40-22-31(35,36)37)42(23-12-6-3-7-13-23,24-14-8-4-9-15-24)25-16-10-5-11-17-25;1-11(2)5-24-10(21-11)8(14)3-4-9(22-6-12(15,16)17)23-7-13(18,19)20;3-2(4,5)1-6/h3-17,27H,18-22H2,1-2H3;8-9H,3-7H2,1-2H3;6H,1H2. The van der Waals surface area contributed by atoms with Gasteiger partial charge in [0.15, 0.2) is 18.5 Å². The Morgan fingerprint density at radius 2 is 0.875 bits per heavy atom. The second-order valence-electron chi connectivity index (χ2n) is 17.1. The molecule has 1 unspecified atom stereocenters. The molecule has 0 aromatic heterocycles. The minimum absolute atomic E-state index is 0.0884. The van der Waals surface area contributed by atoms with Gasteiger partial charge < -0.3 is 33.5 Å². The highest BCUT2D eigenvalue weighted by atomic mass is 79.9. The lowest BCUT2D eigenvalue weighted by molar-refractivity contribution is -0.144. The number of aliphatic hydroxyl groups excluding tert-OH is 1. The van der Waals surface area contributed by atoms with Crippen LogP contribution in [0.1, 0.15) is 53.4 Å². The van der Waals surface area contributed by atoms with E-state index in [4.69, 9.17) is 213 Å². The van der Waals surface area contributed by atoms with Gasteiger partial charge >= 0.3 is 0 Å². The fourth-order valence-corrected chi connectivity index (χ4v) is 12.4. The smallest absolute Gasteiger partial charge is 0.213 e. The van der Waals surface area contributed by atoms with Crippen LogP contribution in [0.3, 0.4) is 0 Å². The number of rotatable bonds is 19. The SMILES string of the molecule is CC1(C)COC(C(Br)CCC(OCC(Cl)(Cl)Cl)OCC(Cl)(Cl)Cl)=N1.CC1(C)COC(C(CCC(OCC(Cl)(Cl)Cl)OCC(Cl)(Cl)Cl)=P(c2ccccc2)(c2ccccc2)c2ccccc2)=N1.OCC(Cl)(Cl)Cl. The van der Waals surface area contributed by atoms with Crippen molar-refractivity contribution < 1.29 is 33.5 Å². The zero-order valence-corrected chi connectivity index (χ0v) is 52.8. The molecule has 0 saturated carbocycles. The van der Waals surface area contributed by atoms with Crippen LogP contribution in [-0.4, -0.2) is 116 Å². The molecular formula is C46H53BrCl15N2O7P. The molecule has 72 heavy (non-hydrogen) atoms. The molecule has 1 N–H and O–H groups in total. The van der Waals surface area contributed by atoms with E-state index in [0.717, 1.165) is 21.2 Å². The first kappa shape index (κ1) is 67.8. The Hall–Kier alpha value is 1.53. The summed E-state index contributed by atoms with van der Waals surface area (Å²) in [5.74, 6) is 1.26. The maximum absolute atomic E-state index is 8.01. The van der Waals surface area contributed by atoms with Crippen molar-refractivity contribution in [1.82, 2.24) is 0 Å². The number of alkyl halides is 16. The van der Waals surface area contributed by atoms with Crippen molar-refractivity contribution in [3.63, 3.8) is 0 Å². The van der Waals surface area contributed by atoms with Crippen molar-refractivity contribution in [2.24, 2.45) is 9.98 Å². The number of aliphatic hydroxyl groups is 1. The number of benzene rings is 3. The molecule has 3 aromatic carbocycles. The van der Waals surface area contributed by atoms with Crippen molar-refractivity contribution in [3.8, 4) is 0 Å². The van der Waals surface area contributed by atoms with E-state index in [0.29, 0.717) is 50.7 Å². The Morgan fingerprint density at radius 1 is 0.542 bits per heavy atom. The molecule has 0 radical (unpaired) electrons. The van der Waals surface area contributed by atoms with E-state index in [2.05, 4.69) is 108 Å². The summed E-state index contributed by atoms with van der Waals surface area (Å²) >= 11 is 88.7. The number of aliphatic imine (C=N–C) groups is 2. The van der Waals surface area contributed by atoms with Gasteiger partial charge in [0, 0.05) is 11.7 Å². The Morgan fingerprint density at radius 3 is 1.17 bits per heavy atom. The molecule has 0 spiro atoms. The first-order valence-corrected chi connectivity index (χ1v) is 29.9. The molecule has 0 aliphatic carbocycles. The Kier molecular flexibility index (Phi) is 28.6. The van der Waals surface area contributed by atoms with Crippen LogP contribution >= 0.6 is 197 Å². The molecule has 2 aliphatic heterocycles. The molecule has 2 aliphatic rings. The van der Waals surface area contributed by atoms with Crippen molar-refractivity contribution in [2.75, 3.05) is 46.2 Å². The average Bonchev–Trinajstić information content (AvgIpc) is 3.84. The highest BCUT2D eigenvalue weighted by Crippen LogP contribution is 2.48. The zero-order valence-electron chi connectivity index (χ0n) is 39.0. The lowest BCUT2D eigenvalue weighted by Crippen LogP contribution is -2.35. The first-order valence-electron chi connectivity index (χ1n) is 21.6. The van der Waals surface area contributed by atoms with Crippen LogP contribution < -0.4 is 15.9 Å². The highest BCUT2D eigenvalue weighted by molar-refractivity contribution is 9.10. The number of hydrogen-bond donors (Lipinski definition) is 1. The van der Waals surface area contributed by atoms with Crippen LogP contribution in [0.4, 0.5) is 0 Å². The van der Waals surface area contributed by atoms with Gasteiger partial charge in [-0.1, -0.05) is 281 Å². The molecule has 0 amide bonds. The van der Waals surface area contributed by atoms with E-state index in [1.54, 1.807) is 0 Å². The number of hydrogen-bond acceptors (Lipinski definition) is 9. The lowest BCUT2D eigenvalue weighted by atomic mass is 10.1. The molecule has 0 saturated heterocycles. The van der Waals surface area contributed by atoms with E-state index in [1.807, 2.05) is 32.0 Å². The van der Waals surface area contributed by atoms with Crippen LogP contribution in [0.2, 0.25) is 0 Å². The van der Waals surface area contributed by atoms with Crippen molar-refractivity contribution in [3.05, 3.63) is 91.0 Å². The summed E-state index contributed by atoms with van der Waals surface area (Å²) < 4.78 is 26.8. The number of ether oxygens (including phenoxy) is 6. The van der Waals surface area contributed by atoms with Gasteiger partial charge in [-0.3, -0.25) is 0 Å². The average molecular weight is 1390 g/mol. The van der Waals surface area contributed by atoms with E-state index in [9.17, 15) is 0 Å². The van der Waals surface area contributed by atoms with Crippen molar-refractivity contribution >= 4 is 230 Å². The molecule has 9 nitrogen and oxygen atoms in total. The molecule has 5 rings (SSSR count). The van der Waals surface area contributed by atoms with Crippen molar-refractivity contribution in [2.45, 2.75) is 101 Å². The maximum atomic E-state index is 8.01. The molecule has 2 heterocycles. The predicted octanol–water partition coefficient (Wildman–Crippen LogP) is 15.4. The molecule has 3 aromatic rings. The highest BCUT2D eigenvalue weighted by Gasteiger charge is 2.38. The second kappa shape index (κ2) is 30.4. The third-order valence-electron chi connectivity index (χ3n) is 9.49. The van der Waals surface area contributed by atoms with Gasteiger partial charge in [0.25, 0.3) is 0 Å². The summed E-state index contributed by atoms with van der Waals surface area (Å²) in [6, 6.07) is 31.5. The predicted molar refractivity (Wildman–Crippen MR) is 316 cm³/mol. The quantitative estimate of drug-likeness (QED) is 0.0725. The largest absolute Gasteiger partial charge is 0.478 e. The molecule has 0 bridgehead atoms. The van der Waals surface area contributed by atoms with Gasteiger partial charge in [0.05, 0.1) is 48.9 Å². The van der Waals surface area contributed by atoms with E-state index >= 15 is 0 Å². The summed E-state index contributed by atoms with van der Waals surface area (Å²) in [6.45, 7) is 5.42. The lowest BCUT2D eigenvalue weighted by Gasteiger charge is -2.33. The van der Waals surface area contributed by atoms with E-state index in [-0.39, 0.29) is 36.8 Å². The molecular weight excluding hydrogens is 1340 g/mol. The minimum atomic E-state index is -2.53. The van der Waals surface area contributed by atoms with Crippen LogP contribution in [-0.2, 0) is 28.4 Å². The maximum Gasteiger partial charge on any atom is 0.213 e. The molecule has 0 fully saturated rings. The third kappa shape index (κ3) is 26.2. The zero-order chi connectivity index (χ0) is 54.2. The molecule has 26 heteroatoms. The fraction of sp³-hybridized carbons (Fsp3) is 0.543. The summed E-state index contributed by atoms with van der Waals surface area (Å²) in [6.07, 6.45) is 0.357. The van der Waals surface area contributed by atoms with Gasteiger partial charge in [0.2, 0.25) is 24.9 Å². The first-order chi connectivity index (χ1) is 33.1. The number of halogens is 16. The Balaban J connectivity index is 0.000000384. The fourth-order valence-electron chi connectivity index (χ4n) is 6.63. The summed E-state index contributed by atoms with van der Waals surface area (Å²) in [4.78, 5) is 9.51. The topological polar surface area (TPSA) is 100 Å². The van der Waals surface area contributed by atoms with Crippen molar-refractivity contribution in [1.29, 1.82) is 0 Å². The van der Waals surface area contributed by atoms with Gasteiger partial charge in [-0.05, 0) is 69.8 Å². The van der Waals surface area contributed by atoms with Crippen LogP contribution in [0.15, 0.2) is 101 Å². The second-order valence-corrected chi connectivity index (χ2v) is 34.2. The van der Waals surface area contributed by atoms with Crippen LogP contribution in [0.5, 0.6) is 0 Å². The number of nitrogens with zero attached hydrogens (tertiary/aromatic N) is 2. The van der Waals surface area contributed by atoms with E-state index < -0.39 is 50.6 Å². The normalized spacial score (nSPS) is 16.4. The molecule has 406 valence electrons. The Bertz CT molecular complexity index is 2070. The van der Waals surface area contributed by atoms with Gasteiger partial charge in [-0.25, -0.2) is 9.98 Å². The van der Waals surface area contributed by atoms with Crippen LogP contribution in [0, 0.1) is 0 Å². The van der Waals surface area contributed by atoms with Crippen LogP contribution in [0.25, 0.3) is 0 Å². The monoisotopic (exact) mass is 1380 g/mol. The summed E-state index contributed by atoms with van der Waals surface area (Å²) in [7, 11) is 0. The summed E-state index contributed by atoms with van der Waals surface area (Å²) in [5.41, 5.74) is -0.615. The van der Waals surface area contributed by atoms with Gasteiger partial charge in [-0.15, -0.1) is 0 Å². The third-order valence-corrected chi connectivity index (χ3v) is 16.4. The van der Waals surface area contributed by atoms with Gasteiger partial charge in [0.1, 0.15) is 13.2 Å². The molecule has 1 atom stereocenters. The van der Waals surface area contributed by atoms with E-state index in [1.165, 1.54) is 0 Å². The van der Waals surface area contributed by atoms with Gasteiger partial charge in [-0.2, -0.15) is 0 Å². The summed E-state index contributed by atoms with van der Waals surface area (Å²) in [5, 5.41) is 12.5. The minimum Gasteiger partial charge on any atom is -0.478 e. The Labute approximate surface area is 506 Å².